The third-order valence-electron chi connectivity index (χ3n) is 3.97. The second-order valence-corrected chi connectivity index (χ2v) is 5.53. The van der Waals surface area contributed by atoms with Gasteiger partial charge in [-0.3, -0.25) is 4.90 Å². The van der Waals surface area contributed by atoms with E-state index in [9.17, 15) is 8.78 Å². The van der Waals surface area contributed by atoms with Gasteiger partial charge in [-0.05, 0) is 63.5 Å². The zero-order chi connectivity index (χ0) is 13.8. The van der Waals surface area contributed by atoms with Gasteiger partial charge in [0.25, 0.3) is 0 Å². The summed E-state index contributed by atoms with van der Waals surface area (Å²) in [5.74, 6) is -0.385. The van der Waals surface area contributed by atoms with Crippen LogP contribution >= 0.6 is 0 Å². The lowest BCUT2D eigenvalue weighted by atomic mass is 9.98. The van der Waals surface area contributed by atoms with E-state index in [-0.39, 0.29) is 6.04 Å². The summed E-state index contributed by atoms with van der Waals surface area (Å²) in [5, 5.41) is 3.39. The summed E-state index contributed by atoms with van der Waals surface area (Å²) in [4.78, 5) is 2.17. The summed E-state index contributed by atoms with van der Waals surface area (Å²) in [6.45, 7) is 5.08. The molecule has 2 rings (SSSR count). The van der Waals surface area contributed by atoms with Crippen molar-refractivity contribution in [2.24, 2.45) is 5.92 Å². The molecule has 1 N–H and O–H groups in total. The van der Waals surface area contributed by atoms with E-state index in [1.807, 2.05) is 14.0 Å². The molecule has 1 fully saturated rings. The maximum Gasteiger partial charge on any atom is 0.126 e. The van der Waals surface area contributed by atoms with Crippen molar-refractivity contribution in [1.29, 1.82) is 0 Å². The van der Waals surface area contributed by atoms with E-state index in [1.54, 1.807) is 0 Å². The summed E-state index contributed by atoms with van der Waals surface area (Å²) in [6, 6.07) is 3.78. The minimum atomic E-state index is -0.505. The van der Waals surface area contributed by atoms with Crippen molar-refractivity contribution in [1.82, 2.24) is 10.2 Å². The first kappa shape index (κ1) is 14.4. The van der Waals surface area contributed by atoms with Gasteiger partial charge >= 0.3 is 0 Å². The zero-order valence-corrected chi connectivity index (χ0v) is 11.6. The van der Waals surface area contributed by atoms with Gasteiger partial charge in [-0.25, -0.2) is 8.78 Å². The summed E-state index contributed by atoms with van der Waals surface area (Å²) in [6.07, 6.45) is 2.43. The molecule has 1 heterocycles. The highest BCUT2D eigenvalue weighted by Crippen LogP contribution is 2.23. The van der Waals surface area contributed by atoms with Crippen molar-refractivity contribution >= 4 is 0 Å². The van der Waals surface area contributed by atoms with Crippen molar-refractivity contribution in [3.05, 3.63) is 35.4 Å². The molecule has 0 aliphatic carbocycles. The Morgan fingerprint density at radius 2 is 2.00 bits per heavy atom. The molecule has 0 aromatic heterocycles. The second kappa shape index (κ2) is 6.44. The Morgan fingerprint density at radius 3 is 2.58 bits per heavy atom. The van der Waals surface area contributed by atoms with Gasteiger partial charge in [0.15, 0.2) is 0 Å². The number of piperidine rings is 1. The number of rotatable bonds is 4. The quantitative estimate of drug-likeness (QED) is 0.903. The first-order valence-corrected chi connectivity index (χ1v) is 6.93. The average Bonchev–Trinajstić information content (AvgIpc) is 2.37. The maximum absolute atomic E-state index is 13.2. The smallest absolute Gasteiger partial charge is 0.126 e. The highest BCUT2D eigenvalue weighted by atomic mass is 19.1. The van der Waals surface area contributed by atoms with Crippen LogP contribution in [0.5, 0.6) is 0 Å². The van der Waals surface area contributed by atoms with Crippen molar-refractivity contribution in [3.63, 3.8) is 0 Å². The summed E-state index contributed by atoms with van der Waals surface area (Å²) in [7, 11) is 2.02. The lowest BCUT2D eigenvalue weighted by Crippen LogP contribution is -2.37. The number of nitrogens with zero attached hydrogens (tertiary/aromatic N) is 1. The number of hydrogen-bond acceptors (Lipinski definition) is 2. The van der Waals surface area contributed by atoms with Crippen LogP contribution in [-0.2, 0) is 0 Å². The molecule has 0 spiro atoms. The van der Waals surface area contributed by atoms with Crippen LogP contribution in [0.1, 0.15) is 31.4 Å². The molecule has 0 amide bonds. The summed E-state index contributed by atoms with van der Waals surface area (Å²) < 4.78 is 26.5. The Bertz CT molecular complexity index is 396. The normalized spacial score (nSPS) is 21.6. The zero-order valence-electron chi connectivity index (χ0n) is 11.6. The topological polar surface area (TPSA) is 15.3 Å². The van der Waals surface area contributed by atoms with Crippen LogP contribution in [0.25, 0.3) is 0 Å². The number of nitrogens with one attached hydrogen (secondary N) is 1. The second-order valence-electron chi connectivity index (χ2n) is 5.53. The monoisotopic (exact) mass is 268 g/mol. The third-order valence-corrected chi connectivity index (χ3v) is 3.97. The van der Waals surface area contributed by atoms with Crippen molar-refractivity contribution in [3.8, 4) is 0 Å². The van der Waals surface area contributed by atoms with Gasteiger partial charge < -0.3 is 5.32 Å². The molecular weight excluding hydrogens is 246 g/mol. The first-order chi connectivity index (χ1) is 9.06. The Morgan fingerprint density at radius 1 is 1.32 bits per heavy atom. The van der Waals surface area contributed by atoms with E-state index >= 15 is 0 Å². The fourth-order valence-corrected chi connectivity index (χ4v) is 2.72. The van der Waals surface area contributed by atoms with E-state index in [0.717, 1.165) is 25.7 Å². The molecule has 1 aliphatic heterocycles. The molecule has 106 valence electrons. The van der Waals surface area contributed by atoms with Crippen LogP contribution in [0.3, 0.4) is 0 Å². The number of benzene rings is 1. The maximum atomic E-state index is 13.2. The van der Waals surface area contributed by atoms with E-state index in [0.29, 0.717) is 11.5 Å². The molecular formula is C15H22F2N2. The fraction of sp³-hybridized carbons (Fsp3) is 0.600. The number of halogens is 2. The van der Waals surface area contributed by atoms with Crippen LogP contribution in [0.2, 0.25) is 0 Å². The molecule has 0 saturated carbocycles. The van der Waals surface area contributed by atoms with Crippen molar-refractivity contribution in [2.75, 3.05) is 26.7 Å². The van der Waals surface area contributed by atoms with Crippen LogP contribution in [-0.4, -0.2) is 31.6 Å². The van der Waals surface area contributed by atoms with Crippen molar-refractivity contribution < 1.29 is 8.78 Å². The fourth-order valence-electron chi connectivity index (χ4n) is 2.72. The SMILES string of the molecule is CC(c1cc(F)cc(F)c1)N(C)CC1CCCNC1. The Balaban J connectivity index is 1.99. The first-order valence-electron chi connectivity index (χ1n) is 6.93. The van der Waals surface area contributed by atoms with Gasteiger partial charge in [-0.2, -0.15) is 0 Å². The summed E-state index contributed by atoms with van der Waals surface area (Å²) >= 11 is 0. The molecule has 1 aliphatic rings. The molecule has 4 heteroatoms. The Labute approximate surface area is 113 Å². The lowest BCUT2D eigenvalue weighted by molar-refractivity contribution is 0.198. The van der Waals surface area contributed by atoms with Crippen LogP contribution in [0, 0.1) is 17.6 Å². The van der Waals surface area contributed by atoms with Crippen LogP contribution < -0.4 is 5.32 Å². The van der Waals surface area contributed by atoms with E-state index < -0.39 is 11.6 Å². The minimum Gasteiger partial charge on any atom is -0.316 e. The average molecular weight is 268 g/mol. The standard InChI is InChI=1S/C15H22F2N2/c1-11(13-6-14(16)8-15(17)7-13)19(2)10-12-4-3-5-18-9-12/h6-8,11-12,18H,3-5,9-10H2,1-2H3. The van der Waals surface area contributed by atoms with E-state index in [1.165, 1.54) is 25.0 Å². The van der Waals surface area contributed by atoms with Gasteiger partial charge in [0.2, 0.25) is 0 Å². The van der Waals surface area contributed by atoms with Gasteiger partial charge in [0.1, 0.15) is 11.6 Å². The predicted octanol–water partition coefficient (Wildman–Crippen LogP) is 2.96. The molecule has 2 atom stereocenters. The Hall–Kier alpha value is -1.00. The van der Waals surface area contributed by atoms with Crippen molar-refractivity contribution in [2.45, 2.75) is 25.8 Å². The highest BCUT2D eigenvalue weighted by Gasteiger charge is 2.19. The van der Waals surface area contributed by atoms with Gasteiger partial charge in [-0.1, -0.05) is 0 Å². The minimum absolute atomic E-state index is 0.0205. The molecule has 0 radical (unpaired) electrons. The number of hydrogen-bond donors (Lipinski definition) is 1. The van der Waals surface area contributed by atoms with Gasteiger partial charge in [0.05, 0.1) is 0 Å². The highest BCUT2D eigenvalue weighted by molar-refractivity contribution is 5.21. The molecule has 0 bridgehead atoms. The van der Waals surface area contributed by atoms with Gasteiger partial charge in [0, 0.05) is 18.7 Å². The van der Waals surface area contributed by atoms with Crippen LogP contribution in [0.15, 0.2) is 18.2 Å². The van der Waals surface area contributed by atoms with Crippen LogP contribution in [0.4, 0.5) is 8.78 Å². The van der Waals surface area contributed by atoms with E-state index in [2.05, 4.69) is 10.2 Å². The largest absolute Gasteiger partial charge is 0.316 e. The lowest BCUT2D eigenvalue weighted by Gasteiger charge is -2.31. The molecule has 2 unspecified atom stereocenters. The Kier molecular flexibility index (Phi) is 4.88. The third kappa shape index (κ3) is 3.98. The van der Waals surface area contributed by atoms with Gasteiger partial charge in [-0.15, -0.1) is 0 Å². The molecule has 1 aromatic carbocycles. The molecule has 1 aromatic rings. The van der Waals surface area contributed by atoms with E-state index in [4.69, 9.17) is 0 Å². The summed E-state index contributed by atoms with van der Waals surface area (Å²) in [5.41, 5.74) is 0.698. The molecule has 2 nitrogen and oxygen atoms in total. The molecule has 19 heavy (non-hydrogen) atoms. The molecule has 1 saturated heterocycles. The predicted molar refractivity (Wildman–Crippen MR) is 73.0 cm³/mol.